The first-order chi connectivity index (χ1) is 7.81. The molecule has 2 rings (SSSR count). The van der Waals surface area contributed by atoms with E-state index in [9.17, 15) is 4.39 Å². The van der Waals surface area contributed by atoms with E-state index >= 15 is 0 Å². The van der Waals surface area contributed by atoms with Crippen LogP contribution in [0.5, 0.6) is 0 Å². The number of piperazine rings is 1. The minimum atomic E-state index is -0.188. The molecule has 0 amide bonds. The summed E-state index contributed by atoms with van der Waals surface area (Å²) in [5.74, 6) is -0.188. The summed E-state index contributed by atoms with van der Waals surface area (Å²) in [6.07, 6.45) is 0. The first kappa shape index (κ1) is 11.4. The summed E-state index contributed by atoms with van der Waals surface area (Å²) in [4.78, 5) is 2.20. The SMILES string of the molecule is COCC1CNCCN1c1cccc(F)c1. The van der Waals surface area contributed by atoms with Crippen LogP contribution in [0, 0.1) is 5.82 Å². The Morgan fingerprint density at radius 3 is 3.19 bits per heavy atom. The van der Waals surface area contributed by atoms with Gasteiger partial charge in [0.1, 0.15) is 5.82 Å². The van der Waals surface area contributed by atoms with Crippen LogP contribution in [0.2, 0.25) is 0 Å². The lowest BCUT2D eigenvalue weighted by atomic mass is 10.1. The topological polar surface area (TPSA) is 24.5 Å². The molecule has 0 bridgehead atoms. The Morgan fingerprint density at radius 1 is 1.56 bits per heavy atom. The van der Waals surface area contributed by atoms with Crippen molar-refractivity contribution in [3.05, 3.63) is 30.1 Å². The molecule has 1 aromatic carbocycles. The number of ether oxygens (including phenoxy) is 1. The maximum Gasteiger partial charge on any atom is 0.125 e. The molecule has 0 radical (unpaired) electrons. The van der Waals surface area contributed by atoms with E-state index in [1.54, 1.807) is 19.2 Å². The Morgan fingerprint density at radius 2 is 2.44 bits per heavy atom. The number of nitrogens with one attached hydrogen (secondary N) is 1. The molecule has 4 heteroatoms. The van der Waals surface area contributed by atoms with E-state index in [1.807, 2.05) is 6.07 Å². The van der Waals surface area contributed by atoms with E-state index in [0.29, 0.717) is 6.61 Å². The Labute approximate surface area is 95.2 Å². The summed E-state index contributed by atoms with van der Waals surface area (Å²) in [5, 5.41) is 3.32. The highest BCUT2D eigenvalue weighted by atomic mass is 19.1. The number of nitrogens with zero attached hydrogens (tertiary/aromatic N) is 1. The minimum Gasteiger partial charge on any atom is -0.383 e. The summed E-state index contributed by atoms with van der Waals surface area (Å²) in [7, 11) is 1.69. The second-order valence-corrected chi connectivity index (χ2v) is 3.99. The van der Waals surface area contributed by atoms with Gasteiger partial charge in [0.05, 0.1) is 12.6 Å². The van der Waals surface area contributed by atoms with Crippen LogP contribution in [0.15, 0.2) is 24.3 Å². The lowest BCUT2D eigenvalue weighted by molar-refractivity contribution is 0.170. The maximum absolute atomic E-state index is 13.2. The molecule has 1 fully saturated rings. The van der Waals surface area contributed by atoms with Crippen LogP contribution in [0.4, 0.5) is 10.1 Å². The van der Waals surface area contributed by atoms with Crippen LogP contribution in [0.1, 0.15) is 0 Å². The van der Waals surface area contributed by atoms with Gasteiger partial charge in [0, 0.05) is 32.4 Å². The molecule has 1 heterocycles. The van der Waals surface area contributed by atoms with Gasteiger partial charge in [-0.05, 0) is 18.2 Å². The zero-order valence-electron chi connectivity index (χ0n) is 9.45. The van der Waals surface area contributed by atoms with Gasteiger partial charge in [-0.3, -0.25) is 0 Å². The Kier molecular flexibility index (Phi) is 3.74. The normalized spacial score (nSPS) is 21.1. The maximum atomic E-state index is 13.2. The standard InChI is InChI=1S/C12H17FN2O/c1-16-9-12-8-14-5-6-15(12)11-4-2-3-10(13)7-11/h2-4,7,12,14H,5-6,8-9H2,1H3. The van der Waals surface area contributed by atoms with Gasteiger partial charge in [-0.15, -0.1) is 0 Å². The smallest absolute Gasteiger partial charge is 0.125 e. The third-order valence-electron chi connectivity index (χ3n) is 2.85. The number of benzene rings is 1. The molecule has 16 heavy (non-hydrogen) atoms. The monoisotopic (exact) mass is 224 g/mol. The van der Waals surface area contributed by atoms with Gasteiger partial charge in [0.15, 0.2) is 0 Å². The largest absolute Gasteiger partial charge is 0.383 e. The van der Waals surface area contributed by atoms with Gasteiger partial charge < -0.3 is 15.0 Å². The predicted molar refractivity (Wildman–Crippen MR) is 62.3 cm³/mol. The van der Waals surface area contributed by atoms with Crippen LogP contribution in [0.25, 0.3) is 0 Å². The van der Waals surface area contributed by atoms with Crippen molar-refractivity contribution in [2.24, 2.45) is 0 Å². The molecule has 1 aromatic rings. The van der Waals surface area contributed by atoms with E-state index in [4.69, 9.17) is 4.74 Å². The van der Waals surface area contributed by atoms with Gasteiger partial charge in [-0.1, -0.05) is 6.07 Å². The Hall–Kier alpha value is -1.13. The highest BCUT2D eigenvalue weighted by molar-refractivity contribution is 5.48. The first-order valence-corrected chi connectivity index (χ1v) is 5.53. The van der Waals surface area contributed by atoms with Crippen LogP contribution < -0.4 is 10.2 Å². The molecule has 1 N–H and O–H groups in total. The lowest BCUT2D eigenvalue weighted by Crippen LogP contribution is -2.53. The predicted octanol–water partition coefficient (Wildman–Crippen LogP) is 1.25. The second kappa shape index (κ2) is 5.27. The van der Waals surface area contributed by atoms with Crippen LogP contribution in [-0.2, 0) is 4.74 Å². The van der Waals surface area contributed by atoms with Crippen LogP contribution in [0.3, 0.4) is 0 Å². The third-order valence-corrected chi connectivity index (χ3v) is 2.85. The molecule has 1 saturated heterocycles. The van der Waals surface area contributed by atoms with Crippen LogP contribution >= 0.6 is 0 Å². The highest BCUT2D eigenvalue weighted by Crippen LogP contribution is 2.19. The van der Waals surface area contributed by atoms with Gasteiger partial charge in [0.25, 0.3) is 0 Å². The average molecular weight is 224 g/mol. The van der Waals surface area contributed by atoms with E-state index in [2.05, 4.69) is 10.2 Å². The molecule has 88 valence electrons. The molecule has 1 unspecified atom stereocenters. The molecule has 1 atom stereocenters. The summed E-state index contributed by atoms with van der Waals surface area (Å²) in [5.41, 5.74) is 0.934. The fraction of sp³-hybridized carbons (Fsp3) is 0.500. The van der Waals surface area contributed by atoms with Crippen molar-refractivity contribution in [1.82, 2.24) is 5.32 Å². The molecule has 0 saturated carbocycles. The van der Waals surface area contributed by atoms with Crippen molar-refractivity contribution < 1.29 is 9.13 Å². The van der Waals surface area contributed by atoms with E-state index in [0.717, 1.165) is 25.3 Å². The fourth-order valence-corrected chi connectivity index (χ4v) is 2.10. The lowest BCUT2D eigenvalue weighted by Gasteiger charge is -2.37. The van der Waals surface area contributed by atoms with Crippen molar-refractivity contribution in [3.8, 4) is 0 Å². The minimum absolute atomic E-state index is 0.188. The molecule has 0 aliphatic carbocycles. The number of rotatable bonds is 3. The van der Waals surface area contributed by atoms with Crippen molar-refractivity contribution >= 4 is 5.69 Å². The zero-order valence-corrected chi connectivity index (χ0v) is 9.45. The highest BCUT2D eigenvalue weighted by Gasteiger charge is 2.22. The summed E-state index contributed by atoms with van der Waals surface area (Å²) < 4.78 is 18.3. The van der Waals surface area contributed by atoms with Crippen molar-refractivity contribution in [2.45, 2.75) is 6.04 Å². The second-order valence-electron chi connectivity index (χ2n) is 3.99. The fourth-order valence-electron chi connectivity index (χ4n) is 2.10. The van der Waals surface area contributed by atoms with Gasteiger partial charge >= 0.3 is 0 Å². The van der Waals surface area contributed by atoms with Crippen molar-refractivity contribution in [2.75, 3.05) is 38.3 Å². The number of halogens is 1. The summed E-state index contributed by atoms with van der Waals surface area (Å²) in [6.45, 7) is 3.35. The molecule has 1 aliphatic rings. The first-order valence-electron chi connectivity index (χ1n) is 5.53. The molecular formula is C12H17FN2O. The van der Waals surface area contributed by atoms with E-state index < -0.39 is 0 Å². The average Bonchev–Trinajstić information content (AvgIpc) is 2.30. The summed E-state index contributed by atoms with van der Waals surface area (Å²) >= 11 is 0. The number of methoxy groups -OCH3 is 1. The van der Waals surface area contributed by atoms with E-state index in [1.165, 1.54) is 6.07 Å². The Balaban J connectivity index is 2.16. The molecular weight excluding hydrogens is 207 g/mol. The third kappa shape index (κ3) is 2.51. The molecule has 0 aromatic heterocycles. The number of hydrogen-bond acceptors (Lipinski definition) is 3. The van der Waals surface area contributed by atoms with Gasteiger partial charge in [-0.2, -0.15) is 0 Å². The Bertz CT molecular complexity index is 344. The number of hydrogen-bond donors (Lipinski definition) is 1. The van der Waals surface area contributed by atoms with Crippen LogP contribution in [-0.4, -0.2) is 39.4 Å². The molecule has 0 spiro atoms. The van der Waals surface area contributed by atoms with Gasteiger partial charge in [-0.25, -0.2) is 4.39 Å². The van der Waals surface area contributed by atoms with Crippen molar-refractivity contribution in [1.29, 1.82) is 0 Å². The quantitative estimate of drug-likeness (QED) is 0.836. The zero-order chi connectivity index (χ0) is 11.4. The number of anilines is 1. The van der Waals surface area contributed by atoms with Crippen molar-refractivity contribution in [3.63, 3.8) is 0 Å². The van der Waals surface area contributed by atoms with Gasteiger partial charge in [0.2, 0.25) is 0 Å². The molecule has 3 nitrogen and oxygen atoms in total. The summed E-state index contributed by atoms with van der Waals surface area (Å²) in [6, 6.07) is 7.01. The molecule has 1 aliphatic heterocycles. The van der Waals surface area contributed by atoms with E-state index in [-0.39, 0.29) is 11.9 Å².